The van der Waals surface area contributed by atoms with Gasteiger partial charge >= 0.3 is 17.9 Å². The molecule has 24 heavy (non-hydrogen) atoms. The number of carbonyl (C=O) groups excluding carboxylic acids is 2. The van der Waals surface area contributed by atoms with Gasteiger partial charge in [-0.05, 0) is 0 Å². The van der Waals surface area contributed by atoms with Crippen LogP contribution >= 0.6 is 0 Å². The normalized spacial score (nSPS) is 28.5. The molecule has 2 N–H and O–H groups in total. The number of carboxylic acids is 1. The minimum atomic E-state index is -1.26. The number of carboxylic acid groups (broad SMARTS) is 1. The van der Waals surface area contributed by atoms with Crippen LogP contribution in [0, 0.1) is 0 Å². The summed E-state index contributed by atoms with van der Waals surface area (Å²) < 4.78 is 21.3. The maximum atomic E-state index is 11.7. The van der Waals surface area contributed by atoms with Crippen LogP contribution < -0.4 is 0 Å². The molecule has 2 saturated heterocycles. The van der Waals surface area contributed by atoms with Crippen molar-refractivity contribution in [2.24, 2.45) is 0 Å². The lowest BCUT2D eigenvalue weighted by Crippen LogP contribution is -2.35. The SMILES string of the molecule is C=C(O)CCC(=O)O[C@@H]1CO[C@H]2[C@@H]1OC[C@H]2OC(=O)/C=C/C(=O)O. The molecule has 0 radical (unpaired) electrons. The molecule has 0 aromatic heterocycles. The van der Waals surface area contributed by atoms with E-state index in [2.05, 4.69) is 6.58 Å². The molecule has 0 spiro atoms. The second-order valence-electron chi connectivity index (χ2n) is 5.34. The van der Waals surface area contributed by atoms with Crippen LogP contribution in [-0.4, -0.2) is 65.8 Å². The number of fused-ring (bicyclic) bond motifs is 1. The van der Waals surface area contributed by atoms with Crippen molar-refractivity contribution in [3.05, 3.63) is 24.5 Å². The summed E-state index contributed by atoms with van der Waals surface area (Å²) in [5, 5.41) is 17.4. The zero-order valence-corrected chi connectivity index (χ0v) is 12.8. The van der Waals surface area contributed by atoms with E-state index in [0.29, 0.717) is 6.08 Å². The fourth-order valence-electron chi connectivity index (χ4n) is 2.43. The highest BCUT2D eigenvalue weighted by atomic mass is 16.7. The highest BCUT2D eigenvalue weighted by molar-refractivity contribution is 5.90. The monoisotopic (exact) mass is 342 g/mol. The third-order valence-corrected chi connectivity index (χ3v) is 3.49. The molecule has 2 aliphatic rings. The molecular formula is C15H18O9. The largest absolute Gasteiger partial charge is 0.513 e. The van der Waals surface area contributed by atoms with Crippen LogP contribution in [0.15, 0.2) is 24.5 Å². The molecule has 2 heterocycles. The summed E-state index contributed by atoms with van der Waals surface area (Å²) in [5.74, 6) is -2.71. The second kappa shape index (κ2) is 7.93. The predicted molar refractivity (Wildman–Crippen MR) is 77.0 cm³/mol. The average Bonchev–Trinajstić information content (AvgIpc) is 3.07. The lowest BCUT2D eigenvalue weighted by atomic mass is 10.1. The van der Waals surface area contributed by atoms with Gasteiger partial charge < -0.3 is 29.2 Å². The minimum Gasteiger partial charge on any atom is -0.513 e. The molecular weight excluding hydrogens is 324 g/mol. The molecule has 9 nitrogen and oxygen atoms in total. The topological polar surface area (TPSA) is 129 Å². The molecule has 0 unspecified atom stereocenters. The van der Waals surface area contributed by atoms with E-state index in [1.54, 1.807) is 0 Å². The first-order valence-electron chi connectivity index (χ1n) is 7.28. The highest BCUT2D eigenvalue weighted by Crippen LogP contribution is 2.31. The van der Waals surface area contributed by atoms with E-state index in [0.717, 1.165) is 6.08 Å². The standard InChI is InChI=1S/C15H18O9/c1-8(16)2-4-12(19)23-9-6-21-15-10(7-22-14(9)15)24-13(20)5-3-11(17)18/h3,5,9-10,14-16H,1-2,4,6-7H2,(H,17,18)/b5-3+/t9-,10-,14-,15-/m1/s1. The molecule has 132 valence electrons. The van der Waals surface area contributed by atoms with Crippen molar-refractivity contribution < 1.29 is 43.5 Å². The third-order valence-electron chi connectivity index (χ3n) is 3.49. The number of esters is 2. The Kier molecular flexibility index (Phi) is 5.93. The summed E-state index contributed by atoms with van der Waals surface area (Å²) in [6, 6.07) is 0. The van der Waals surface area contributed by atoms with E-state index in [1.165, 1.54) is 0 Å². The van der Waals surface area contributed by atoms with Gasteiger partial charge in [-0.2, -0.15) is 0 Å². The molecule has 0 saturated carbocycles. The van der Waals surface area contributed by atoms with Crippen LogP contribution in [-0.2, 0) is 33.3 Å². The average molecular weight is 342 g/mol. The lowest BCUT2D eigenvalue weighted by molar-refractivity contribution is -0.154. The highest BCUT2D eigenvalue weighted by Gasteiger charge is 2.51. The number of hydrogen-bond acceptors (Lipinski definition) is 8. The number of aliphatic hydroxyl groups excluding tert-OH is 1. The zero-order chi connectivity index (χ0) is 17.7. The summed E-state index contributed by atoms with van der Waals surface area (Å²) >= 11 is 0. The minimum absolute atomic E-state index is 0.0123. The van der Waals surface area contributed by atoms with E-state index in [-0.39, 0.29) is 31.8 Å². The first-order valence-corrected chi connectivity index (χ1v) is 7.28. The van der Waals surface area contributed by atoms with Gasteiger partial charge in [0.1, 0.15) is 12.2 Å². The van der Waals surface area contributed by atoms with Crippen molar-refractivity contribution in [3.63, 3.8) is 0 Å². The molecule has 9 heteroatoms. The quantitative estimate of drug-likeness (QED) is 0.376. The van der Waals surface area contributed by atoms with Crippen molar-refractivity contribution >= 4 is 17.9 Å². The molecule has 0 aromatic carbocycles. The van der Waals surface area contributed by atoms with Gasteiger partial charge in [-0.3, -0.25) is 4.79 Å². The van der Waals surface area contributed by atoms with E-state index >= 15 is 0 Å². The Morgan fingerprint density at radius 2 is 1.58 bits per heavy atom. The van der Waals surface area contributed by atoms with Crippen molar-refractivity contribution in [2.45, 2.75) is 37.3 Å². The van der Waals surface area contributed by atoms with Crippen LogP contribution in [0.3, 0.4) is 0 Å². The molecule has 4 atom stereocenters. The van der Waals surface area contributed by atoms with Gasteiger partial charge in [0.15, 0.2) is 12.2 Å². The maximum absolute atomic E-state index is 11.7. The van der Waals surface area contributed by atoms with Gasteiger partial charge in [-0.15, -0.1) is 0 Å². The number of rotatable bonds is 7. The van der Waals surface area contributed by atoms with Gasteiger partial charge in [0, 0.05) is 18.6 Å². The molecule has 0 aliphatic carbocycles. The van der Waals surface area contributed by atoms with E-state index in [1.807, 2.05) is 0 Å². The van der Waals surface area contributed by atoms with Crippen LogP contribution in [0.5, 0.6) is 0 Å². The summed E-state index contributed by atoms with van der Waals surface area (Å²) in [4.78, 5) is 33.5. The molecule has 2 aliphatic heterocycles. The van der Waals surface area contributed by atoms with Crippen molar-refractivity contribution in [1.29, 1.82) is 0 Å². The first-order chi connectivity index (χ1) is 11.4. The molecule has 0 bridgehead atoms. The number of carbonyl (C=O) groups is 3. The second-order valence-corrected chi connectivity index (χ2v) is 5.34. The number of ether oxygens (including phenoxy) is 4. The zero-order valence-electron chi connectivity index (χ0n) is 12.8. The van der Waals surface area contributed by atoms with Crippen molar-refractivity contribution in [3.8, 4) is 0 Å². The molecule has 0 aromatic rings. The van der Waals surface area contributed by atoms with Crippen molar-refractivity contribution in [1.82, 2.24) is 0 Å². The number of aliphatic carboxylic acids is 1. The van der Waals surface area contributed by atoms with Gasteiger partial charge in [-0.1, -0.05) is 6.58 Å². The maximum Gasteiger partial charge on any atom is 0.331 e. The fourth-order valence-corrected chi connectivity index (χ4v) is 2.43. The Balaban J connectivity index is 1.83. The summed E-state index contributed by atoms with van der Waals surface area (Å²) in [6.45, 7) is 3.44. The Morgan fingerprint density at radius 3 is 2.12 bits per heavy atom. The van der Waals surface area contributed by atoms with Crippen molar-refractivity contribution in [2.75, 3.05) is 13.2 Å². The fraction of sp³-hybridized carbons (Fsp3) is 0.533. The summed E-state index contributed by atoms with van der Waals surface area (Å²) in [7, 11) is 0. The Labute approximate surface area is 137 Å². The third kappa shape index (κ3) is 4.80. The number of hydrogen-bond donors (Lipinski definition) is 2. The van der Waals surface area contributed by atoms with Crippen LogP contribution in [0.1, 0.15) is 12.8 Å². The van der Waals surface area contributed by atoms with Crippen LogP contribution in [0.2, 0.25) is 0 Å². The predicted octanol–water partition coefficient (Wildman–Crippen LogP) is 0.100. The van der Waals surface area contributed by atoms with Gasteiger partial charge in [0.05, 0.1) is 25.4 Å². The first kappa shape index (κ1) is 18.0. The Morgan fingerprint density at radius 1 is 1.00 bits per heavy atom. The van der Waals surface area contributed by atoms with Gasteiger partial charge in [-0.25, -0.2) is 9.59 Å². The van der Waals surface area contributed by atoms with Crippen LogP contribution in [0.4, 0.5) is 0 Å². The number of aliphatic hydroxyl groups is 1. The molecule has 0 amide bonds. The smallest absolute Gasteiger partial charge is 0.331 e. The van der Waals surface area contributed by atoms with Gasteiger partial charge in [0.2, 0.25) is 0 Å². The number of allylic oxidation sites excluding steroid dienone is 1. The van der Waals surface area contributed by atoms with Crippen LogP contribution in [0.25, 0.3) is 0 Å². The van der Waals surface area contributed by atoms with E-state index < -0.39 is 42.3 Å². The molecule has 2 fully saturated rings. The Bertz CT molecular complexity index is 553. The molecule has 2 rings (SSSR count). The van der Waals surface area contributed by atoms with E-state index in [4.69, 9.17) is 29.2 Å². The van der Waals surface area contributed by atoms with E-state index in [9.17, 15) is 14.4 Å². The Hall–Kier alpha value is -2.39. The summed E-state index contributed by atoms with van der Waals surface area (Å²) in [6.07, 6.45) is -0.923. The lowest BCUT2D eigenvalue weighted by Gasteiger charge is -2.17. The van der Waals surface area contributed by atoms with Gasteiger partial charge in [0.25, 0.3) is 0 Å². The summed E-state index contributed by atoms with van der Waals surface area (Å²) in [5.41, 5.74) is 0.